The molecule has 0 aromatic carbocycles. The molecule has 0 atom stereocenters. The Kier molecular flexibility index (Phi) is 4.47. The van der Waals surface area contributed by atoms with Gasteiger partial charge in [0.1, 0.15) is 5.01 Å². The van der Waals surface area contributed by atoms with E-state index in [1.165, 1.54) is 0 Å². The predicted octanol–water partition coefficient (Wildman–Crippen LogP) is 1.74. The molecule has 0 unspecified atom stereocenters. The summed E-state index contributed by atoms with van der Waals surface area (Å²) in [6, 6.07) is 0. The van der Waals surface area contributed by atoms with Crippen LogP contribution >= 0.6 is 22.9 Å². The summed E-state index contributed by atoms with van der Waals surface area (Å²) in [6.45, 7) is 5.39. The van der Waals surface area contributed by atoms with E-state index >= 15 is 0 Å². The molecule has 0 saturated carbocycles. The molecule has 0 aliphatic carbocycles. The van der Waals surface area contributed by atoms with Gasteiger partial charge in [-0.15, -0.1) is 11.3 Å². The molecule has 1 aliphatic rings. The minimum absolute atomic E-state index is 0.185. The van der Waals surface area contributed by atoms with Crippen LogP contribution < -0.4 is 10.2 Å². The summed E-state index contributed by atoms with van der Waals surface area (Å²) in [5.41, 5.74) is 1.01. The number of halogens is 1. The topological polar surface area (TPSA) is 76.1 Å². The third kappa shape index (κ3) is 3.78. The molecule has 21 heavy (non-hydrogen) atoms. The van der Waals surface area contributed by atoms with E-state index in [0.717, 1.165) is 23.8 Å². The number of nitrogens with zero attached hydrogens (tertiary/aromatic N) is 5. The Morgan fingerprint density at radius 1 is 1.29 bits per heavy atom. The molecule has 3 heterocycles. The minimum Gasteiger partial charge on any atom is -0.378 e. The lowest BCUT2D eigenvalue weighted by Gasteiger charge is -2.26. The van der Waals surface area contributed by atoms with E-state index in [2.05, 4.69) is 25.3 Å². The van der Waals surface area contributed by atoms with E-state index in [1.807, 2.05) is 17.2 Å². The maximum absolute atomic E-state index is 5.98. The molecule has 1 fully saturated rings. The number of thiazole rings is 1. The van der Waals surface area contributed by atoms with E-state index in [1.54, 1.807) is 11.3 Å². The molecule has 2 aromatic rings. The van der Waals surface area contributed by atoms with Crippen molar-refractivity contribution in [2.75, 3.05) is 36.5 Å². The van der Waals surface area contributed by atoms with E-state index in [4.69, 9.17) is 16.3 Å². The van der Waals surface area contributed by atoms with Gasteiger partial charge in [-0.05, 0) is 18.5 Å². The molecule has 0 amide bonds. The van der Waals surface area contributed by atoms with Crippen LogP contribution in [0.15, 0.2) is 5.38 Å². The Balaban J connectivity index is 1.71. The molecule has 7 nitrogen and oxygen atoms in total. The first-order chi connectivity index (χ1) is 10.2. The highest BCUT2D eigenvalue weighted by molar-refractivity contribution is 7.09. The summed E-state index contributed by atoms with van der Waals surface area (Å²) < 4.78 is 5.32. The Morgan fingerprint density at radius 2 is 2.10 bits per heavy atom. The summed E-state index contributed by atoms with van der Waals surface area (Å²) in [5, 5.41) is 6.32. The van der Waals surface area contributed by atoms with E-state index < -0.39 is 0 Å². The smallest absolute Gasteiger partial charge is 0.231 e. The van der Waals surface area contributed by atoms with Crippen molar-refractivity contribution in [3.8, 4) is 0 Å². The molecular weight excluding hydrogens is 312 g/mol. The molecule has 0 radical (unpaired) electrons. The van der Waals surface area contributed by atoms with Crippen LogP contribution in [-0.4, -0.2) is 46.2 Å². The maximum Gasteiger partial charge on any atom is 0.231 e. The Bertz CT molecular complexity index is 616. The average molecular weight is 327 g/mol. The van der Waals surface area contributed by atoms with Crippen molar-refractivity contribution in [2.24, 2.45) is 0 Å². The van der Waals surface area contributed by atoms with Crippen LogP contribution in [0, 0.1) is 6.92 Å². The van der Waals surface area contributed by atoms with Gasteiger partial charge in [0.15, 0.2) is 0 Å². The first-order valence-corrected chi connectivity index (χ1v) is 7.85. The van der Waals surface area contributed by atoms with Crippen molar-refractivity contribution in [1.82, 2.24) is 19.9 Å². The second kappa shape index (κ2) is 6.50. The molecule has 112 valence electrons. The highest BCUT2D eigenvalue weighted by Gasteiger charge is 2.16. The van der Waals surface area contributed by atoms with Gasteiger partial charge in [0.2, 0.25) is 17.2 Å². The number of nitrogens with one attached hydrogen (secondary N) is 1. The van der Waals surface area contributed by atoms with Gasteiger partial charge in [0.25, 0.3) is 0 Å². The van der Waals surface area contributed by atoms with Crippen molar-refractivity contribution < 1.29 is 4.74 Å². The normalized spacial score (nSPS) is 15.2. The van der Waals surface area contributed by atoms with Gasteiger partial charge in [0, 0.05) is 24.2 Å². The standard InChI is InChI=1S/C12H15ClN6OS/c1-8-7-21-9(15-8)6-14-11-16-10(13)17-12(18-11)19-2-4-20-5-3-19/h7H,2-6H2,1H3,(H,14,16,17,18). The first kappa shape index (κ1) is 14.4. The molecule has 3 rings (SSSR count). The quantitative estimate of drug-likeness (QED) is 0.917. The van der Waals surface area contributed by atoms with Gasteiger partial charge in [-0.3, -0.25) is 0 Å². The van der Waals surface area contributed by atoms with E-state index in [-0.39, 0.29) is 5.28 Å². The van der Waals surface area contributed by atoms with Crippen molar-refractivity contribution in [1.29, 1.82) is 0 Å². The van der Waals surface area contributed by atoms with Crippen LogP contribution in [0.3, 0.4) is 0 Å². The van der Waals surface area contributed by atoms with Gasteiger partial charge >= 0.3 is 0 Å². The number of rotatable bonds is 4. The monoisotopic (exact) mass is 326 g/mol. The maximum atomic E-state index is 5.98. The number of hydrogen-bond donors (Lipinski definition) is 1. The molecule has 0 bridgehead atoms. The summed E-state index contributed by atoms with van der Waals surface area (Å²) in [6.07, 6.45) is 0. The molecule has 0 spiro atoms. The van der Waals surface area contributed by atoms with Crippen LogP contribution in [0.1, 0.15) is 10.7 Å². The van der Waals surface area contributed by atoms with E-state index in [9.17, 15) is 0 Å². The minimum atomic E-state index is 0.185. The van der Waals surface area contributed by atoms with Gasteiger partial charge in [0.05, 0.1) is 19.8 Å². The lowest BCUT2D eigenvalue weighted by atomic mass is 10.4. The SMILES string of the molecule is Cc1csc(CNc2nc(Cl)nc(N3CCOCC3)n2)n1. The molecule has 9 heteroatoms. The fourth-order valence-electron chi connectivity index (χ4n) is 1.96. The van der Waals surface area contributed by atoms with Crippen LogP contribution in [0.25, 0.3) is 0 Å². The van der Waals surface area contributed by atoms with Crippen molar-refractivity contribution in [3.05, 3.63) is 21.4 Å². The molecule has 1 N–H and O–H groups in total. The fourth-order valence-corrected chi connectivity index (χ4v) is 2.83. The van der Waals surface area contributed by atoms with E-state index in [0.29, 0.717) is 31.7 Å². The van der Waals surface area contributed by atoms with Crippen molar-refractivity contribution in [2.45, 2.75) is 13.5 Å². The molecular formula is C12H15ClN6OS. The predicted molar refractivity (Wildman–Crippen MR) is 82.0 cm³/mol. The highest BCUT2D eigenvalue weighted by atomic mass is 35.5. The zero-order valence-electron chi connectivity index (χ0n) is 11.5. The Hall–Kier alpha value is -1.51. The number of morpholine rings is 1. The number of anilines is 2. The fraction of sp³-hybridized carbons (Fsp3) is 0.500. The van der Waals surface area contributed by atoms with Gasteiger partial charge in [-0.1, -0.05) is 0 Å². The largest absolute Gasteiger partial charge is 0.378 e. The number of aryl methyl sites for hydroxylation is 1. The van der Waals surface area contributed by atoms with Crippen LogP contribution in [-0.2, 0) is 11.3 Å². The van der Waals surface area contributed by atoms with Crippen LogP contribution in [0.5, 0.6) is 0 Å². The summed E-state index contributed by atoms with van der Waals surface area (Å²) >= 11 is 7.58. The number of ether oxygens (including phenoxy) is 1. The third-order valence-electron chi connectivity index (χ3n) is 2.95. The Morgan fingerprint density at radius 3 is 2.81 bits per heavy atom. The Labute approximate surface area is 131 Å². The van der Waals surface area contributed by atoms with Crippen molar-refractivity contribution in [3.63, 3.8) is 0 Å². The summed E-state index contributed by atoms with van der Waals surface area (Å²) in [5.74, 6) is 1.04. The third-order valence-corrected chi connectivity index (χ3v) is 4.09. The van der Waals surface area contributed by atoms with Crippen molar-refractivity contribution >= 4 is 34.8 Å². The highest BCUT2D eigenvalue weighted by Crippen LogP contribution is 2.16. The van der Waals surface area contributed by atoms with Gasteiger partial charge in [-0.2, -0.15) is 15.0 Å². The zero-order valence-corrected chi connectivity index (χ0v) is 13.1. The van der Waals surface area contributed by atoms with Gasteiger partial charge in [-0.25, -0.2) is 4.98 Å². The number of hydrogen-bond acceptors (Lipinski definition) is 8. The first-order valence-electron chi connectivity index (χ1n) is 6.60. The second-order valence-corrected chi connectivity index (χ2v) is 5.84. The summed E-state index contributed by atoms with van der Waals surface area (Å²) in [7, 11) is 0. The van der Waals surface area contributed by atoms with Crippen LogP contribution in [0.4, 0.5) is 11.9 Å². The zero-order chi connectivity index (χ0) is 14.7. The molecule has 1 aliphatic heterocycles. The molecule has 2 aromatic heterocycles. The summed E-state index contributed by atoms with van der Waals surface area (Å²) in [4.78, 5) is 19.1. The number of aromatic nitrogens is 4. The van der Waals surface area contributed by atoms with Gasteiger partial charge < -0.3 is 15.0 Å². The average Bonchev–Trinajstić information content (AvgIpc) is 2.91. The van der Waals surface area contributed by atoms with Crippen LogP contribution in [0.2, 0.25) is 5.28 Å². The molecule has 1 saturated heterocycles. The lowest BCUT2D eigenvalue weighted by molar-refractivity contribution is 0.122. The lowest BCUT2D eigenvalue weighted by Crippen LogP contribution is -2.37. The second-order valence-electron chi connectivity index (χ2n) is 4.56.